The predicted molar refractivity (Wildman–Crippen MR) is 127 cm³/mol. The van der Waals surface area contributed by atoms with Crippen molar-refractivity contribution >= 4 is 20.8 Å². The summed E-state index contributed by atoms with van der Waals surface area (Å²) < 4.78 is 30.9. The maximum atomic E-state index is 13.6. The zero-order valence-electron chi connectivity index (χ0n) is 18.2. The van der Waals surface area contributed by atoms with E-state index in [0.717, 1.165) is 16.5 Å². The van der Waals surface area contributed by atoms with Crippen LogP contribution in [0.4, 0.5) is 0 Å². The molecule has 0 fully saturated rings. The van der Waals surface area contributed by atoms with Crippen molar-refractivity contribution in [1.82, 2.24) is 8.87 Å². The quantitative estimate of drug-likeness (QED) is 0.382. The predicted octanol–water partition coefficient (Wildman–Crippen LogP) is 5.60. The van der Waals surface area contributed by atoms with E-state index in [2.05, 4.69) is 35.8 Å². The molecule has 31 heavy (non-hydrogen) atoms. The van der Waals surface area contributed by atoms with E-state index in [4.69, 9.17) is 0 Å². The third-order valence-electron chi connectivity index (χ3n) is 5.58. The van der Waals surface area contributed by atoms with E-state index in [9.17, 15) is 8.42 Å². The molecule has 4 nitrogen and oxygen atoms in total. The van der Waals surface area contributed by atoms with E-state index < -0.39 is 10.0 Å². The maximum Gasteiger partial charge on any atom is 0.243 e. The minimum Gasteiger partial charge on any atom is -0.346 e. The topological polar surface area (TPSA) is 42.3 Å². The highest BCUT2D eigenvalue weighted by molar-refractivity contribution is 7.89. The second-order valence-corrected chi connectivity index (χ2v) is 10.2. The lowest BCUT2D eigenvalue weighted by Gasteiger charge is -2.27. The Morgan fingerprint density at radius 2 is 1.65 bits per heavy atom. The molecular formula is C26H28N2O2S. The van der Waals surface area contributed by atoms with Crippen molar-refractivity contribution in [2.24, 2.45) is 0 Å². The summed E-state index contributed by atoms with van der Waals surface area (Å²) in [7, 11) is -3.64. The summed E-state index contributed by atoms with van der Waals surface area (Å²) in [6.45, 7) is 6.97. The molecule has 0 saturated carbocycles. The van der Waals surface area contributed by atoms with Gasteiger partial charge in [-0.2, -0.15) is 4.31 Å². The number of aromatic nitrogens is 1. The molecule has 0 amide bonds. The smallest absolute Gasteiger partial charge is 0.243 e. The Balaban J connectivity index is 1.64. The number of rotatable bonds is 7. The SMILES string of the molecule is Cc1cccc(Cn2cccc2CN(C(C)C)S(=O)(=O)c2ccc3ccccc3c2)c1. The number of hydrogen-bond acceptors (Lipinski definition) is 2. The number of fused-ring (bicyclic) bond motifs is 1. The lowest BCUT2D eigenvalue weighted by atomic mass is 10.1. The van der Waals surface area contributed by atoms with Crippen molar-refractivity contribution in [3.63, 3.8) is 0 Å². The molecule has 0 atom stereocenters. The Morgan fingerprint density at radius 1 is 0.871 bits per heavy atom. The van der Waals surface area contributed by atoms with E-state index in [1.54, 1.807) is 16.4 Å². The molecule has 0 bridgehead atoms. The second kappa shape index (κ2) is 8.69. The highest BCUT2D eigenvalue weighted by Gasteiger charge is 2.28. The lowest BCUT2D eigenvalue weighted by Crippen LogP contribution is -2.37. The number of aryl methyl sites for hydroxylation is 1. The van der Waals surface area contributed by atoms with Gasteiger partial charge in [0.25, 0.3) is 0 Å². The van der Waals surface area contributed by atoms with E-state index in [0.29, 0.717) is 18.0 Å². The summed E-state index contributed by atoms with van der Waals surface area (Å²) in [4.78, 5) is 0.330. The van der Waals surface area contributed by atoms with Crippen LogP contribution in [0.15, 0.2) is 90.0 Å². The molecular weight excluding hydrogens is 404 g/mol. The molecule has 4 aromatic rings. The number of benzene rings is 3. The van der Waals surface area contributed by atoms with Crippen molar-refractivity contribution < 1.29 is 8.42 Å². The average molecular weight is 433 g/mol. The van der Waals surface area contributed by atoms with Gasteiger partial charge in [0.05, 0.1) is 11.4 Å². The van der Waals surface area contributed by atoms with Crippen LogP contribution in [-0.4, -0.2) is 23.3 Å². The van der Waals surface area contributed by atoms with Crippen LogP contribution in [0.25, 0.3) is 10.8 Å². The monoisotopic (exact) mass is 432 g/mol. The fourth-order valence-electron chi connectivity index (χ4n) is 3.92. The number of hydrogen-bond donors (Lipinski definition) is 0. The van der Waals surface area contributed by atoms with Gasteiger partial charge in [-0.25, -0.2) is 8.42 Å². The first kappa shape index (κ1) is 21.3. The third-order valence-corrected chi connectivity index (χ3v) is 7.60. The molecule has 0 spiro atoms. The van der Waals surface area contributed by atoms with Gasteiger partial charge >= 0.3 is 0 Å². The van der Waals surface area contributed by atoms with E-state index in [-0.39, 0.29) is 6.04 Å². The van der Waals surface area contributed by atoms with Crippen LogP contribution in [0.3, 0.4) is 0 Å². The summed E-state index contributed by atoms with van der Waals surface area (Å²) >= 11 is 0. The molecule has 0 aliphatic rings. The summed E-state index contributed by atoms with van der Waals surface area (Å²) in [6, 6.07) is 25.4. The summed E-state index contributed by atoms with van der Waals surface area (Å²) in [5.41, 5.74) is 3.39. The van der Waals surface area contributed by atoms with Crippen LogP contribution in [0, 0.1) is 6.92 Å². The van der Waals surface area contributed by atoms with Gasteiger partial charge in [-0.15, -0.1) is 0 Å². The number of nitrogens with zero attached hydrogens (tertiary/aromatic N) is 2. The minimum absolute atomic E-state index is 0.168. The molecule has 3 aromatic carbocycles. The normalized spacial score (nSPS) is 12.2. The lowest BCUT2D eigenvalue weighted by molar-refractivity contribution is 0.340. The molecule has 4 rings (SSSR count). The molecule has 0 N–H and O–H groups in total. The van der Waals surface area contributed by atoms with E-state index >= 15 is 0 Å². The van der Waals surface area contributed by atoms with Crippen LogP contribution in [-0.2, 0) is 23.1 Å². The molecule has 160 valence electrons. The minimum atomic E-state index is -3.64. The first-order valence-electron chi connectivity index (χ1n) is 10.5. The Bertz CT molecular complexity index is 1310. The Morgan fingerprint density at radius 3 is 2.39 bits per heavy atom. The van der Waals surface area contributed by atoms with Crippen molar-refractivity contribution in [1.29, 1.82) is 0 Å². The first-order chi connectivity index (χ1) is 14.8. The van der Waals surface area contributed by atoms with Gasteiger partial charge in [0.2, 0.25) is 10.0 Å². The second-order valence-electron chi connectivity index (χ2n) is 8.27. The molecule has 0 aliphatic carbocycles. The van der Waals surface area contributed by atoms with Gasteiger partial charge in [-0.1, -0.05) is 60.2 Å². The van der Waals surface area contributed by atoms with Gasteiger partial charge in [0.15, 0.2) is 0 Å². The average Bonchev–Trinajstić information content (AvgIpc) is 3.18. The third kappa shape index (κ3) is 4.58. The van der Waals surface area contributed by atoms with Crippen LogP contribution >= 0.6 is 0 Å². The van der Waals surface area contributed by atoms with Crippen LogP contribution in [0.1, 0.15) is 30.7 Å². The van der Waals surface area contributed by atoms with Crippen molar-refractivity contribution in [2.45, 2.75) is 44.8 Å². The maximum absolute atomic E-state index is 13.6. The zero-order valence-corrected chi connectivity index (χ0v) is 19.0. The van der Waals surface area contributed by atoms with Crippen molar-refractivity contribution in [2.75, 3.05) is 0 Å². The molecule has 0 aliphatic heterocycles. The fourth-order valence-corrected chi connectivity index (χ4v) is 5.57. The molecule has 0 unspecified atom stereocenters. The molecule has 1 heterocycles. The van der Waals surface area contributed by atoms with Crippen molar-refractivity contribution in [3.8, 4) is 0 Å². The Kier molecular flexibility index (Phi) is 5.99. The van der Waals surface area contributed by atoms with Gasteiger partial charge < -0.3 is 4.57 Å². The molecule has 0 saturated heterocycles. The Labute approximate surface area is 184 Å². The highest BCUT2D eigenvalue weighted by atomic mass is 32.2. The summed E-state index contributed by atoms with van der Waals surface area (Å²) in [5, 5.41) is 1.96. The highest BCUT2D eigenvalue weighted by Crippen LogP contribution is 2.25. The van der Waals surface area contributed by atoms with Gasteiger partial charge in [-0.3, -0.25) is 0 Å². The van der Waals surface area contributed by atoms with Crippen LogP contribution in [0.5, 0.6) is 0 Å². The van der Waals surface area contributed by atoms with Crippen molar-refractivity contribution in [3.05, 3.63) is 102 Å². The first-order valence-corrected chi connectivity index (χ1v) is 12.0. The van der Waals surface area contributed by atoms with Gasteiger partial charge in [-0.05, 0) is 61.4 Å². The fraction of sp³-hybridized carbons (Fsp3) is 0.231. The molecule has 0 radical (unpaired) electrons. The summed E-state index contributed by atoms with van der Waals surface area (Å²) in [5.74, 6) is 0. The largest absolute Gasteiger partial charge is 0.346 e. The van der Waals surface area contributed by atoms with Crippen LogP contribution in [0.2, 0.25) is 0 Å². The van der Waals surface area contributed by atoms with Gasteiger partial charge in [0, 0.05) is 24.5 Å². The van der Waals surface area contributed by atoms with E-state index in [1.807, 2.05) is 62.5 Å². The summed E-state index contributed by atoms with van der Waals surface area (Å²) in [6.07, 6.45) is 2.01. The van der Waals surface area contributed by atoms with Crippen LogP contribution < -0.4 is 0 Å². The van der Waals surface area contributed by atoms with E-state index in [1.165, 1.54) is 11.1 Å². The Hall–Kier alpha value is -2.89. The number of sulfonamides is 1. The zero-order chi connectivity index (χ0) is 22.0. The van der Waals surface area contributed by atoms with Gasteiger partial charge in [0.1, 0.15) is 0 Å². The standard InChI is InChI=1S/C26H28N2O2S/c1-20(2)28(31(29,30)26-14-13-23-10-4-5-11-24(23)17-26)19-25-12-7-15-27(25)18-22-9-6-8-21(3)16-22/h4-17,20H,18-19H2,1-3H3. The molecule has 5 heteroatoms. The molecule has 1 aromatic heterocycles.